The van der Waals surface area contributed by atoms with Gasteiger partial charge in [0.15, 0.2) is 17.4 Å². The number of nitrogens with zero attached hydrogens (tertiary/aromatic N) is 6. The Balaban J connectivity index is 1.46. The number of aryl methyl sites for hydroxylation is 2. The fraction of sp³-hybridized carbons (Fsp3) is 0.459. The van der Waals surface area contributed by atoms with E-state index in [1.807, 2.05) is 18.2 Å². The summed E-state index contributed by atoms with van der Waals surface area (Å²) in [7, 11) is 4.69. The summed E-state index contributed by atoms with van der Waals surface area (Å²) in [5, 5.41) is 3.80. The molecule has 6 rings (SSSR count). The summed E-state index contributed by atoms with van der Waals surface area (Å²) < 4.78 is 23.0. The van der Waals surface area contributed by atoms with Gasteiger partial charge in [-0.15, -0.1) is 0 Å². The SMILES string of the molecule is COc1cc2nc3c(cc2c(OC)c1OC)CN(C(=O)c1oc(C)nc1C)CCN(C(=O)Cc1cccnc1)CCC(=O)NCC1CCCN3C1. The van der Waals surface area contributed by atoms with Gasteiger partial charge < -0.3 is 38.6 Å². The summed E-state index contributed by atoms with van der Waals surface area (Å²) in [6.45, 7) is 6.05. The fourth-order valence-electron chi connectivity index (χ4n) is 6.94. The number of oxazole rings is 1. The Labute approximate surface area is 297 Å². The predicted molar refractivity (Wildman–Crippen MR) is 189 cm³/mol. The van der Waals surface area contributed by atoms with E-state index in [1.165, 1.54) is 0 Å². The van der Waals surface area contributed by atoms with E-state index in [0.717, 1.165) is 36.3 Å². The van der Waals surface area contributed by atoms with Gasteiger partial charge in [0.25, 0.3) is 5.91 Å². The third-order valence-electron chi connectivity index (χ3n) is 9.51. The first-order chi connectivity index (χ1) is 24.7. The molecule has 0 radical (unpaired) electrons. The van der Waals surface area contributed by atoms with Crippen LogP contribution in [0.1, 0.15) is 52.5 Å². The van der Waals surface area contributed by atoms with E-state index >= 15 is 0 Å². The van der Waals surface area contributed by atoms with Gasteiger partial charge in [0, 0.05) is 88.6 Å². The van der Waals surface area contributed by atoms with Crippen molar-refractivity contribution in [2.24, 2.45) is 5.92 Å². The van der Waals surface area contributed by atoms with Crippen molar-refractivity contribution in [3.8, 4) is 17.2 Å². The Morgan fingerprint density at radius 2 is 1.80 bits per heavy atom. The highest BCUT2D eigenvalue weighted by Gasteiger charge is 2.30. The molecule has 3 aromatic heterocycles. The molecule has 14 heteroatoms. The van der Waals surface area contributed by atoms with Gasteiger partial charge in [0.2, 0.25) is 23.3 Å². The van der Waals surface area contributed by atoms with Gasteiger partial charge in [-0.1, -0.05) is 6.07 Å². The van der Waals surface area contributed by atoms with Crippen LogP contribution in [0.25, 0.3) is 10.9 Å². The van der Waals surface area contributed by atoms with Crippen molar-refractivity contribution in [2.75, 3.05) is 65.5 Å². The molecule has 1 fully saturated rings. The molecule has 0 spiro atoms. The summed E-state index contributed by atoms with van der Waals surface area (Å²) in [6.07, 6.45) is 5.42. The summed E-state index contributed by atoms with van der Waals surface area (Å²) >= 11 is 0. The number of carbonyl (C=O) groups excluding carboxylic acids is 3. The first-order valence-corrected chi connectivity index (χ1v) is 17.2. The van der Waals surface area contributed by atoms with Crippen LogP contribution in [0.5, 0.6) is 17.2 Å². The molecule has 270 valence electrons. The average molecular weight is 700 g/mol. The molecule has 1 unspecified atom stereocenters. The zero-order valence-electron chi connectivity index (χ0n) is 29.9. The minimum atomic E-state index is -0.364. The lowest BCUT2D eigenvalue weighted by Crippen LogP contribution is -2.43. The first kappa shape index (κ1) is 35.4. The molecule has 3 amide bonds. The topological polar surface area (TPSA) is 152 Å². The van der Waals surface area contributed by atoms with Gasteiger partial charge >= 0.3 is 0 Å². The maximum absolute atomic E-state index is 14.4. The number of ether oxygens (including phenoxy) is 3. The Hall–Kier alpha value is -5.40. The molecule has 1 aromatic carbocycles. The highest BCUT2D eigenvalue weighted by molar-refractivity contribution is 5.94. The number of anilines is 1. The Morgan fingerprint density at radius 3 is 2.51 bits per heavy atom. The average Bonchev–Trinajstić information content (AvgIpc) is 3.48. The Kier molecular flexibility index (Phi) is 10.9. The molecular formula is C37H45N7O7. The summed E-state index contributed by atoms with van der Waals surface area (Å²) in [5.74, 6) is 2.13. The van der Waals surface area contributed by atoms with Gasteiger partial charge in [-0.05, 0) is 43.4 Å². The van der Waals surface area contributed by atoms with Crippen molar-refractivity contribution in [3.63, 3.8) is 0 Å². The quantitative estimate of drug-likeness (QED) is 0.314. The largest absolute Gasteiger partial charge is 0.493 e. The molecule has 1 N–H and O–H groups in total. The second kappa shape index (κ2) is 15.7. The summed E-state index contributed by atoms with van der Waals surface area (Å²) in [5.41, 5.74) is 2.66. The number of hydrogen-bond donors (Lipinski definition) is 1. The highest BCUT2D eigenvalue weighted by atomic mass is 16.5. The molecule has 1 saturated heterocycles. The van der Waals surface area contributed by atoms with Gasteiger partial charge in [-0.25, -0.2) is 9.97 Å². The molecule has 4 aromatic rings. The van der Waals surface area contributed by atoms with Crippen molar-refractivity contribution in [2.45, 2.75) is 46.1 Å². The summed E-state index contributed by atoms with van der Waals surface area (Å²) in [6, 6.07) is 7.44. The predicted octanol–water partition coefficient (Wildman–Crippen LogP) is 3.71. The number of methoxy groups -OCH3 is 3. The maximum Gasteiger partial charge on any atom is 0.291 e. The van der Waals surface area contributed by atoms with E-state index in [0.29, 0.717) is 52.8 Å². The number of fused-ring (bicyclic) bond motifs is 5. The lowest BCUT2D eigenvalue weighted by molar-refractivity contribution is -0.131. The fourth-order valence-corrected chi connectivity index (χ4v) is 6.94. The number of nitrogens with one attached hydrogen (secondary N) is 1. The first-order valence-electron chi connectivity index (χ1n) is 17.2. The number of pyridine rings is 2. The summed E-state index contributed by atoms with van der Waals surface area (Å²) in [4.78, 5) is 60.5. The van der Waals surface area contributed by atoms with Crippen molar-refractivity contribution >= 4 is 34.4 Å². The lowest BCUT2D eigenvalue weighted by Gasteiger charge is -2.35. The number of carbonyl (C=O) groups is 3. The monoisotopic (exact) mass is 699 g/mol. The van der Waals surface area contributed by atoms with Gasteiger partial charge in [-0.2, -0.15) is 0 Å². The number of aromatic nitrogens is 3. The molecule has 51 heavy (non-hydrogen) atoms. The Morgan fingerprint density at radius 1 is 1.00 bits per heavy atom. The van der Waals surface area contributed by atoms with E-state index in [4.69, 9.17) is 23.6 Å². The van der Waals surface area contributed by atoms with Crippen LogP contribution in [0.2, 0.25) is 0 Å². The zero-order valence-corrected chi connectivity index (χ0v) is 29.9. The standard InChI is InChI=1S/C37H45N7O7/c1-23-33(51-24(2)40-23)37(47)44-15-14-42(32(46)16-25-8-6-11-38-19-25)13-10-31(45)39-20-26-9-7-12-43(21-26)36-27(22-44)17-28-29(41-36)18-30(48-3)35(50-5)34(28)49-4/h6,8,11,17-19,26H,7,9-10,12-16,20-22H2,1-5H3,(H,39,45). The van der Waals surface area contributed by atoms with Gasteiger partial charge in [-0.3, -0.25) is 19.4 Å². The van der Waals surface area contributed by atoms with Crippen LogP contribution in [-0.4, -0.2) is 103 Å². The lowest BCUT2D eigenvalue weighted by atomic mass is 9.97. The van der Waals surface area contributed by atoms with Crippen LogP contribution >= 0.6 is 0 Å². The van der Waals surface area contributed by atoms with Gasteiger partial charge in [0.05, 0.1) is 39.0 Å². The molecule has 14 nitrogen and oxygen atoms in total. The third-order valence-corrected chi connectivity index (χ3v) is 9.51. The van der Waals surface area contributed by atoms with Crippen LogP contribution < -0.4 is 24.4 Å². The minimum absolute atomic E-state index is 0.116. The van der Waals surface area contributed by atoms with Crippen molar-refractivity contribution in [3.05, 3.63) is 65.1 Å². The molecule has 2 aliphatic heterocycles. The van der Waals surface area contributed by atoms with E-state index in [1.54, 1.807) is 63.4 Å². The smallest absolute Gasteiger partial charge is 0.291 e. The van der Waals surface area contributed by atoms with E-state index in [9.17, 15) is 14.4 Å². The van der Waals surface area contributed by atoms with Crippen LogP contribution in [0.4, 0.5) is 5.82 Å². The third kappa shape index (κ3) is 7.84. The highest BCUT2D eigenvalue weighted by Crippen LogP contribution is 2.44. The normalized spacial score (nSPS) is 17.2. The van der Waals surface area contributed by atoms with Crippen LogP contribution in [0.3, 0.4) is 0 Å². The van der Waals surface area contributed by atoms with Crippen LogP contribution in [-0.2, 0) is 22.6 Å². The second-order valence-corrected chi connectivity index (χ2v) is 13.0. The number of benzene rings is 1. The van der Waals surface area contributed by atoms with Crippen molar-refractivity contribution < 1.29 is 33.0 Å². The number of piperidine rings is 1. The van der Waals surface area contributed by atoms with E-state index in [2.05, 4.69) is 20.2 Å². The maximum atomic E-state index is 14.4. The van der Waals surface area contributed by atoms with Gasteiger partial charge in [0.1, 0.15) is 5.82 Å². The molecule has 0 saturated carbocycles. The molecule has 0 aliphatic carbocycles. The molecule has 5 heterocycles. The van der Waals surface area contributed by atoms with Crippen molar-refractivity contribution in [1.82, 2.24) is 30.1 Å². The zero-order chi connectivity index (χ0) is 36.1. The molecule has 1 atom stereocenters. The van der Waals surface area contributed by atoms with E-state index < -0.39 is 0 Å². The number of hydrogen-bond acceptors (Lipinski definition) is 11. The Bertz CT molecular complexity index is 1900. The number of amides is 3. The van der Waals surface area contributed by atoms with Crippen molar-refractivity contribution in [1.29, 1.82) is 0 Å². The molecule has 2 aliphatic rings. The minimum Gasteiger partial charge on any atom is -0.493 e. The second-order valence-electron chi connectivity index (χ2n) is 13.0. The van der Waals surface area contributed by atoms with E-state index in [-0.39, 0.29) is 68.4 Å². The molecule has 2 bridgehead atoms. The molecular weight excluding hydrogens is 654 g/mol. The van der Waals surface area contributed by atoms with Crippen LogP contribution in [0, 0.1) is 19.8 Å². The van der Waals surface area contributed by atoms with Crippen LogP contribution in [0.15, 0.2) is 41.1 Å². The number of rotatable bonds is 6.